The molecule has 1 heterocycles. The molecular weight excluding hydrogens is 254 g/mol. The molecule has 0 spiro atoms. The largest absolute Gasteiger partial charge is 0.465 e. The lowest BCUT2D eigenvalue weighted by Crippen LogP contribution is -2.33. The van der Waals surface area contributed by atoms with Crippen LogP contribution in [0, 0.1) is 6.92 Å². The Morgan fingerprint density at radius 3 is 2.90 bits per heavy atom. The standard InChI is InChI=1S/C16H27NO3/c1-4-5-7-15(18)12-17(10-6-11-19-3)13-16-9-8-14(2)20-16/h4,8-9,15,18H,1,5-7,10-13H2,2-3H3/t15-/m0/s1. The lowest BCUT2D eigenvalue weighted by atomic mass is 10.2. The van der Waals surface area contributed by atoms with Crippen LogP contribution in [0.25, 0.3) is 0 Å². The van der Waals surface area contributed by atoms with Crippen molar-refractivity contribution >= 4 is 0 Å². The van der Waals surface area contributed by atoms with Crippen molar-refractivity contribution in [2.24, 2.45) is 0 Å². The molecule has 1 N–H and O–H groups in total. The fraction of sp³-hybridized carbons (Fsp3) is 0.625. The molecular formula is C16H27NO3. The van der Waals surface area contributed by atoms with Crippen LogP contribution in [0.4, 0.5) is 0 Å². The zero-order valence-corrected chi connectivity index (χ0v) is 12.7. The van der Waals surface area contributed by atoms with Gasteiger partial charge >= 0.3 is 0 Å². The molecule has 0 amide bonds. The first-order chi connectivity index (χ1) is 9.65. The Hall–Kier alpha value is -1.10. The average Bonchev–Trinajstić information content (AvgIpc) is 2.82. The van der Waals surface area contributed by atoms with Crippen LogP contribution in [0.2, 0.25) is 0 Å². The molecule has 0 unspecified atom stereocenters. The maximum absolute atomic E-state index is 10.0. The Morgan fingerprint density at radius 1 is 1.50 bits per heavy atom. The predicted octanol–water partition coefficient (Wildman–Crippen LogP) is 2.75. The number of aliphatic hydroxyl groups excluding tert-OH is 1. The molecule has 1 aromatic rings. The summed E-state index contributed by atoms with van der Waals surface area (Å²) in [6, 6.07) is 3.96. The highest BCUT2D eigenvalue weighted by Crippen LogP contribution is 2.11. The molecule has 0 aliphatic heterocycles. The molecule has 0 aliphatic carbocycles. The lowest BCUT2D eigenvalue weighted by molar-refractivity contribution is 0.0903. The first-order valence-electron chi connectivity index (χ1n) is 7.21. The summed E-state index contributed by atoms with van der Waals surface area (Å²) in [5, 5.41) is 10.0. The first-order valence-corrected chi connectivity index (χ1v) is 7.21. The summed E-state index contributed by atoms with van der Waals surface area (Å²) in [5.41, 5.74) is 0. The third kappa shape index (κ3) is 6.89. The summed E-state index contributed by atoms with van der Waals surface area (Å²) < 4.78 is 10.7. The fourth-order valence-electron chi connectivity index (χ4n) is 2.16. The molecule has 20 heavy (non-hydrogen) atoms. The molecule has 0 aliphatic rings. The van der Waals surface area contributed by atoms with Gasteiger partial charge in [-0.1, -0.05) is 6.08 Å². The fourth-order valence-corrected chi connectivity index (χ4v) is 2.16. The highest BCUT2D eigenvalue weighted by atomic mass is 16.5. The maximum Gasteiger partial charge on any atom is 0.118 e. The van der Waals surface area contributed by atoms with E-state index in [-0.39, 0.29) is 6.10 Å². The van der Waals surface area contributed by atoms with E-state index in [0.717, 1.165) is 50.5 Å². The summed E-state index contributed by atoms with van der Waals surface area (Å²) in [6.07, 6.45) is 4.05. The molecule has 0 aromatic carbocycles. The maximum atomic E-state index is 10.0. The first kappa shape index (κ1) is 17.0. The Kier molecular flexibility index (Phi) is 8.26. The number of methoxy groups -OCH3 is 1. The van der Waals surface area contributed by atoms with Gasteiger partial charge in [0.05, 0.1) is 12.6 Å². The molecule has 4 nitrogen and oxygen atoms in total. The van der Waals surface area contributed by atoms with Crippen molar-refractivity contribution in [3.8, 4) is 0 Å². The van der Waals surface area contributed by atoms with Crippen molar-refractivity contribution in [1.82, 2.24) is 4.90 Å². The van der Waals surface area contributed by atoms with E-state index in [2.05, 4.69) is 11.5 Å². The van der Waals surface area contributed by atoms with E-state index in [9.17, 15) is 5.11 Å². The predicted molar refractivity (Wildman–Crippen MR) is 80.7 cm³/mol. The number of aliphatic hydroxyl groups is 1. The molecule has 0 saturated carbocycles. The molecule has 0 saturated heterocycles. The van der Waals surface area contributed by atoms with Crippen LogP contribution in [-0.2, 0) is 11.3 Å². The van der Waals surface area contributed by atoms with Crippen molar-refractivity contribution in [1.29, 1.82) is 0 Å². The molecule has 0 bridgehead atoms. The summed E-state index contributed by atoms with van der Waals surface area (Å²) in [6.45, 7) is 8.62. The molecule has 1 rings (SSSR count). The normalized spacial score (nSPS) is 12.8. The zero-order chi connectivity index (χ0) is 14.8. The highest BCUT2D eigenvalue weighted by molar-refractivity contribution is 5.05. The van der Waals surface area contributed by atoms with Gasteiger partial charge in [0.2, 0.25) is 0 Å². The minimum atomic E-state index is -0.327. The van der Waals surface area contributed by atoms with Crippen molar-refractivity contribution in [3.05, 3.63) is 36.3 Å². The number of nitrogens with zero attached hydrogens (tertiary/aromatic N) is 1. The number of hydrogen-bond acceptors (Lipinski definition) is 4. The van der Waals surface area contributed by atoms with E-state index >= 15 is 0 Å². The van der Waals surface area contributed by atoms with E-state index in [0.29, 0.717) is 6.54 Å². The van der Waals surface area contributed by atoms with Gasteiger partial charge in [-0.3, -0.25) is 4.90 Å². The Morgan fingerprint density at radius 2 is 2.30 bits per heavy atom. The number of furan rings is 1. The van der Waals surface area contributed by atoms with Crippen LogP contribution in [-0.4, -0.2) is 42.9 Å². The second kappa shape index (κ2) is 9.75. The topological polar surface area (TPSA) is 45.8 Å². The zero-order valence-electron chi connectivity index (χ0n) is 12.7. The van der Waals surface area contributed by atoms with Gasteiger partial charge in [0.25, 0.3) is 0 Å². The lowest BCUT2D eigenvalue weighted by Gasteiger charge is -2.24. The smallest absolute Gasteiger partial charge is 0.118 e. The minimum absolute atomic E-state index is 0.327. The van der Waals surface area contributed by atoms with E-state index in [1.165, 1.54) is 0 Å². The van der Waals surface area contributed by atoms with Gasteiger partial charge < -0.3 is 14.3 Å². The molecule has 114 valence electrons. The average molecular weight is 281 g/mol. The van der Waals surface area contributed by atoms with E-state index in [1.807, 2.05) is 25.1 Å². The van der Waals surface area contributed by atoms with E-state index in [4.69, 9.17) is 9.15 Å². The molecule has 0 fully saturated rings. The van der Waals surface area contributed by atoms with Gasteiger partial charge in [-0.15, -0.1) is 6.58 Å². The van der Waals surface area contributed by atoms with Gasteiger partial charge in [0.1, 0.15) is 11.5 Å². The van der Waals surface area contributed by atoms with Crippen LogP contribution in [0.1, 0.15) is 30.8 Å². The van der Waals surface area contributed by atoms with E-state index < -0.39 is 0 Å². The van der Waals surface area contributed by atoms with Gasteiger partial charge in [-0.25, -0.2) is 0 Å². The van der Waals surface area contributed by atoms with E-state index in [1.54, 1.807) is 7.11 Å². The van der Waals surface area contributed by atoms with Crippen molar-refractivity contribution in [2.75, 3.05) is 26.8 Å². The second-order valence-corrected chi connectivity index (χ2v) is 5.11. The SMILES string of the molecule is C=CCC[C@H](O)CN(CCCOC)Cc1ccc(C)o1. The molecule has 1 atom stereocenters. The van der Waals surface area contributed by atoms with Crippen LogP contribution in [0.15, 0.2) is 29.2 Å². The number of allylic oxidation sites excluding steroid dienone is 1. The van der Waals surface area contributed by atoms with Gasteiger partial charge in [0.15, 0.2) is 0 Å². The number of rotatable bonds is 11. The van der Waals surface area contributed by atoms with Crippen LogP contribution >= 0.6 is 0 Å². The van der Waals surface area contributed by atoms with Crippen molar-refractivity contribution in [3.63, 3.8) is 0 Å². The number of ether oxygens (including phenoxy) is 1. The molecule has 0 radical (unpaired) electrons. The van der Waals surface area contributed by atoms with Crippen molar-refractivity contribution < 1.29 is 14.3 Å². The van der Waals surface area contributed by atoms with Crippen molar-refractivity contribution in [2.45, 2.75) is 38.8 Å². The van der Waals surface area contributed by atoms with Gasteiger partial charge in [-0.05, 0) is 38.3 Å². The minimum Gasteiger partial charge on any atom is -0.465 e. The Balaban J connectivity index is 2.47. The molecule has 4 heteroatoms. The monoisotopic (exact) mass is 281 g/mol. The van der Waals surface area contributed by atoms with Gasteiger partial charge in [0, 0.05) is 26.8 Å². The van der Waals surface area contributed by atoms with Crippen LogP contribution in [0.3, 0.4) is 0 Å². The summed E-state index contributed by atoms with van der Waals surface area (Å²) >= 11 is 0. The second-order valence-electron chi connectivity index (χ2n) is 5.11. The van der Waals surface area contributed by atoms with Crippen LogP contribution < -0.4 is 0 Å². The molecule has 1 aromatic heterocycles. The third-order valence-electron chi connectivity index (χ3n) is 3.17. The third-order valence-corrected chi connectivity index (χ3v) is 3.17. The summed E-state index contributed by atoms with van der Waals surface area (Å²) in [4.78, 5) is 2.21. The Bertz CT molecular complexity index is 376. The van der Waals surface area contributed by atoms with Gasteiger partial charge in [-0.2, -0.15) is 0 Å². The number of hydrogen-bond donors (Lipinski definition) is 1. The summed E-state index contributed by atoms with van der Waals surface area (Å²) in [7, 11) is 1.71. The highest BCUT2D eigenvalue weighted by Gasteiger charge is 2.13. The summed E-state index contributed by atoms with van der Waals surface area (Å²) in [5.74, 6) is 1.86. The quantitative estimate of drug-likeness (QED) is 0.500. The van der Waals surface area contributed by atoms with Crippen LogP contribution in [0.5, 0.6) is 0 Å². The Labute approximate surface area is 122 Å². The number of aryl methyl sites for hydroxylation is 1.